The lowest BCUT2D eigenvalue weighted by Crippen LogP contribution is -2.27. The summed E-state index contributed by atoms with van der Waals surface area (Å²) >= 11 is 12.6. The van der Waals surface area contributed by atoms with Crippen molar-refractivity contribution in [2.45, 2.75) is 13.3 Å². The quantitative estimate of drug-likeness (QED) is 0.875. The van der Waals surface area contributed by atoms with Gasteiger partial charge in [-0.3, -0.25) is 4.79 Å². The number of carbonyl (C=O) groups excluding carboxylic acids is 1. The van der Waals surface area contributed by atoms with E-state index in [9.17, 15) is 4.79 Å². The van der Waals surface area contributed by atoms with Gasteiger partial charge in [-0.25, -0.2) is 0 Å². The maximum Gasteiger partial charge on any atom is 0.251 e. The highest BCUT2D eigenvalue weighted by Crippen LogP contribution is 2.30. The summed E-state index contributed by atoms with van der Waals surface area (Å²) in [5, 5.41) is 12.7. The van der Waals surface area contributed by atoms with Crippen LogP contribution in [0.1, 0.15) is 27.0 Å². The molecule has 0 unspecified atom stereocenters. The Hall–Kier alpha value is -1.55. The van der Waals surface area contributed by atoms with Gasteiger partial charge in [0.05, 0.1) is 6.61 Å². The fraction of sp³-hybridized carbons (Fsp3) is 0.235. The number of halogens is 2. The molecule has 0 aromatic heterocycles. The third-order valence-corrected chi connectivity index (χ3v) is 4.29. The third kappa shape index (κ3) is 3.80. The van der Waals surface area contributed by atoms with Gasteiger partial charge >= 0.3 is 0 Å². The van der Waals surface area contributed by atoms with Crippen molar-refractivity contribution in [1.82, 2.24) is 5.32 Å². The zero-order valence-corrected chi connectivity index (χ0v) is 13.7. The van der Waals surface area contributed by atoms with E-state index in [-0.39, 0.29) is 19.1 Å². The highest BCUT2D eigenvalue weighted by molar-refractivity contribution is 6.36. The first kappa shape index (κ1) is 16.8. The first-order valence-corrected chi connectivity index (χ1v) is 7.70. The lowest BCUT2D eigenvalue weighted by molar-refractivity contribution is 0.0944. The molecule has 0 saturated carbocycles. The molecule has 0 saturated heterocycles. The monoisotopic (exact) mass is 337 g/mol. The van der Waals surface area contributed by atoms with Gasteiger partial charge in [0.2, 0.25) is 0 Å². The average molecular weight is 338 g/mol. The van der Waals surface area contributed by atoms with Gasteiger partial charge in [0.25, 0.3) is 5.91 Å². The highest BCUT2D eigenvalue weighted by Gasteiger charge is 2.14. The van der Waals surface area contributed by atoms with Crippen molar-refractivity contribution in [3.63, 3.8) is 0 Å². The number of carbonyl (C=O) groups is 1. The van der Waals surface area contributed by atoms with Crippen molar-refractivity contribution >= 4 is 29.1 Å². The zero-order chi connectivity index (χ0) is 16.1. The molecule has 2 aromatic rings. The van der Waals surface area contributed by atoms with Crippen molar-refractivity contribution < 1.29 is 9.90 Å². The van der Waals surface area contributed by atoms with Crippen molar-refractivity contribution in [3.8, 4) is 0 Å². The molecule has 5 heteroatoms. The molecule has 0 spiro atoms. The molecule has 0 fully saturated rings. The summed E-state index contributed by atoms with van der Waals surface area (Å²) in [5.41, 5.74) is 3.16. The molecular weight excluding hydrogens is 321 g/mol. The topological polar surface area (TPSA) is 49.3 Å². The van der Waals surface area contributed by atoms with E-state index in [1.165, 1.54) is 0 Å². The van der Waals surface area contributed by atoms with Gasteiger partial charge in [0, 0.05) is 28.6 Å². The van der Waals surface area contributed by atoms with E-state index >= 15 is 0 Å². The molecule has 0 aliphatic carbocycles. The summed E-state index contributed by atoms with van der Waals surface area (Å²) in [5.74, 6) is -0.218. The van der Waals surface area contributed by atoms with E-state index in [2.05, 4.69) is 5.32 Å². The Kier molecular flexibility index (Phi) is 5.83. The number of hydrogen-bond acceptors (Lipinski definition) is 2. The molecule has 1 amide bonds. The Labute approximate surface area is 139 Å². The van der Waals surface area contributed by atoms with E-state index < -0.39 is 0 Å². The van der Waals surface area contributed by atoms with Gasteiger partial charge in [0.15, 0.2) is 0 Å². The minimum absolute atomic E-state index is 0.0938. The molecule has 0 aliphatic heterocycles. The Morgan fingerprint density at radius 1 is 1.18 bits per heavy atom. The SMILES string of the molecule is Cc1ccc(Cl)c(Cc2ccccc2C(=O)NCCO)c1Cl. The predicted octanol–water partition coefficient (Wildman–Crippen LogP) is 3.61. The molecule has 0 atom stereocenters. The van der Waals surface area contributed by atoms with Gasteiger partial charge in [-0.15, -0.1) is 0 Å². The average Bonchev–Trinajstić information content (AvgIpc) is 2.53. The molecule has 0 heterocycles. The van der Waals surface area contributed by atoms with Gasteiger partial charge in [0.1, 0.15) is 0 Å². The van der Waals surface area contributed by atoms with Crippen LogP contribution in [0.2, 0.25) is 10.0 Å². The molecule has 2 rings (SSSR count). The number of nitrogens with one attached hydrogen (secondary N) is 1. The number of rotatable bonds is 5. The molecule has 2 N–H and O–H groups in total. The van der Waals surface area contributed by atoms with E-state index in [1.807, 2.05) is 31.2 Å². The molecule has 2 aromatic carbocycles. The number of aliphatic hydroxyl groups excluding tert-OH is 1. The van der Waals surface area contributed by atoms with E-state index in [0.29, 0.717) is 22.0 Å². The third-order valence-electron chi connectivity index (χ3n) is 3.41. The summed E-state index contributed by atoms with van der Waals surface area (Å²) in [4.78, 5) is 12.2. The molecular formula is C17H17Cl2NO2. The van der Waals surface area contributed by atoms with Crippen LogP contribution in [0.4, 0.5) is 0 Å². The fourth-order valence-electron chi connectivity index (χ4n) is 2.23. The largest absolute Gasteiger partial charge is 0.395 e. The van der Waals surface area contributed by atoms with Gasteiger partial charge in [-0.2, -0.15) is 0 Å². The fourth-order valence-corrected chi connectivity index (χ4v) is 2.73. The van der Waals surface area contributed by atoms with Crippen LogP contribution in [-0.4, -0.2) is 24.2 Å². The van der Waals surface area contributed by atoms with Crippen LogP contribution in [0.25, 0.3) is 0 Å². The van der Waals surface area contributed by atoms with Crippen molar-refractivity contribution in [2.75, 3.05) is 13.2 Å². The Bertz CT molecular complexity index is 686. The van der Waals surface area contributed by atoms with Crippen LogP contribution < -0.4 is 5.32 Å². The van der Waals surface area contributed by atoms with Crippen molar-refractivity contribution in [2.24, 2.45) is 0 Å². The summed E-state index contributed by atoms with van der Waals surface area (Å²) in [6.45, 7) is 2.05. The molecule has 0 aliphatic rings. The molecule has 3 nitrogen and oxygen atoms in total. The second kappa shape index (κ2) is 7.63. The number of aliphatic hydroxyl groups is 1. The Morgan fingerprint density at radius 3 is 2.64 bits per heavy atom. The summed E-state index contributed by atoms with van der Waals surface area (Å²) in [6.07, 6.45) is 0.474. The molecule has 22 heavy (non-hydrogen) atoms. The van der Waals surface area contributed by atoms with Crippen LogP contribution in [0.3, 0.4) is 0 Å². The van der Waals surface area contributed by atoms with Crippen LogP contribution in [0.5, 0.6) is 0 Å². The van der Waals surface area contributed by atoms with E-state index in [0.717, 1.165) is 16.7 Å². The second-order valence-corrected chi connectivity index (χ2v) is 5.76. The Morgan fingerprint density at radius 2 is 1.91 bits per heavy atom. The maximum absolute atomic E-state index is 12.2. The maximum atomic E-state index is 12.2. The lowest BCUT2D eigenvalue weighted by atomic mass is 9.98. The standard InChI is InChI=1S/C17H17Cl2NO2/c1-11-6-7-15(18)14(16(11)19)10-12-4-2-3-5-13(12)17(22)20-8-9-21/h2-7,21H,8-10H2,1H3,(H,20,22). The van der Waals surface area contributed by atoms with Gasteiger partial charge < -0.3 is 10.4 Å². The normalized spacial score (nSPS) is 10.5. The van der Waals surface area contributed by atoms with Crippen LogP contribution in [0.15, 0.2) is 36.4 Å². The van der Waals surface area contributed by atoms with E-state index in [1.54, 1.807) is 12.1 Å². The lowest BCUT2D eigenvalue weighted by Gasteiger charge is -2.13. The number of aryl methyl sites for hydroxylation is 1. The number of hydrogen-bond donors (Lipinski definition) is 2. The summed E-state index contributed by atoms with van der Waals surface area (Å²) < 4.78 is 0. The smallest absolute Gasteiger partial charge is 0.251 e. The Balaban J connectivity index is 2.35. The first-order valence-electron chi connectivity index (χ1n) is 6.95. The summed E-state index contributed by atoms with van der Waals surface area (Å²) in [6, 6.07) is 11.0. The minimum atomic E-state index is -0.218. The number of amides is 1. The number of benzene rings is 2. The molecule has 0 radical (unpaired) electrons. The van der Waals surface area contributed by atoms with Crippen LogP contribution in [-0.2, 0) is 6.42 Å². The predicted molar refractivity (Wildman–Crippen MR) is 89.9 cm³/mol. The highest BCUT2D eigenvalue weighted by atomic mass is 35.5. The zero-order valence-electron chi connectivity index (χ0n) is 12.2. The molecule has 0 bridgehead atoms. The van der Waals surface area contributed by atoms with Crippen molar-refractivity contribution in [1.29, 1.82) is 0 Å². The van der Waals surface area contributed by atoms with Crippen LogP contribution >= 0.6 is 23.2 Å². The first-order chi connectivity index (χ1) is 10.5. The van der Waals surface area contributed by atoms with E-state index in [4.69, 9.17) is 28.3 Å². The van der Waals surface area contributed by atoms with Crippen molar-refractivity contribution in [3.05, 3.63) is 68.7 Å². The second-order valence-electron chi connectivity index (χ2n) is 4.97. The molecule has 116 valence electrons. The van der Waals surface area contributed by atoms with Crippen LogP contribution in [0, 0.1) is 6.92 Å². The van der Waals surface area contributed by atoms with Gasteiger partial charge in [-0.05, 0) is 35.7 Å². The minimum Gasteiger partial charge on any atom is -0.395 e. The van der Waals surface area contributed by atoms with Gasteiger partial charge in [-0.1, -0.05) is 47.5 Å². The summed E-state index contributed by atoms with van der Waals surface area (Å²) in [7, 11) is 0.